The summed E-state index contributed by atoms with van der Waals surface area (Å²) in [5.41, 5.74) is 15.7. The zero-order valence-corrected chi connectivity index (χ0v) is 5.47. The highest BCUT2D eigenvalue weighted by molar-refractivity contribution is 5.92. The fourth-order valence-corrected chi connectivity index (χ4v) is 0.567. The van der Waals surface area contributed by atoms with E-state index in [0.717, 1.165) is 5.23 Å². The number of nitrogens with one attached hydrogen (secondary N) is 1. The zero-order valence-electron chi connectivity index (χ0n) is 5.47. The smallest absolute Gasteiger partial charge is 0.149 e. The Morgan fingerprint density at radius 3 is 3.09 bits per heavy atom. The monoisotopic (exact) mass is 154 g/mol. The van der Waals surface area contributed by atoms with Gasteiger partial charge >= 0.3 is 0 Å². The second-order valence-corrected chi connectivity index (χ2v) is 1.70. The minimum Gasteiger partial charge on any atom is -0.382 e. The molecule has 0 aliphatic carbocycles. The summed E-state index contributed by atoms with van der Waals surface area (Å²) in [7, 11) is 0. The van der Waals surface area contributed by atoms with Gasteiger partial charge in [0.15, 0.2) is 0 Å². The molecule has 1 aliphatic heterocycles. The molecule has 0 radical (unpaired) electrons. The molecule has 0 aromatic heterocycles. The molecule has 1 aliphatic rings. The zero-order chi connectivity index (χ0) is 8.27. The number of nitrogens with two attached hydrogens (primary N) is 2. The normalized spacial score (nSPS) is 15.9. The van der Waals surface area contributed by atoms with Crippen LogP contribution in [0, 0.1) is 0 Å². The number of rotatable bonds is 1. The summed E-state index contributed by atoms with van der Waals surface area (Å²) in [4.78, 5) is 2.53. The van der Waals surface area contributed by atoms with Crippen molar-refractivity contribution in [3.63, 3.8) is 0 Å². The average Bonchev–Trinajstić information content (AvgIpc) is 1.85. The van der Waals surface area contributed by atoms with Crippen LogP contribution >= 0.6 is 0 Å². The Kier molecular flexibility index (Phi) is 1.81. The van der Waals surface area contributed by atoms with Crippen molar-refractivity contribution in [3.05, 3.63) is 22.3 Å². The van der Waals surface area contributed by atoms with E-state index in [9.17, 15) is 0 Å². The van der Waals surface area contributed by atoms with Gasteiger partial charge in [0, 0.05) is 11.0 Å². The molecule has 1 rings (SSSR count). The summed E-state index contributed by atoms with van der Waals surface area (Å²) in [6, 6.07) is 0. The van der Waals surface area contributed by atoms with E-state index in [1.165, 1.54) is 6.08 Å². The molecule has 0 aromatic rings. The number of hydrogen-bond acceptors (Lipinski definition) is 6. The molecule has 8 heteroatoms. The van der Waals surface area contributed by atoms with Crippen molar-refractivity contribution >= 4 is 5.84 Å². The summed E-state index contributed by atoms with van der Waals surface area (Å²) < 4.78 is 0. The molecule has 0 spiro atoms. The van der Waals surface area contributed by atoms with Crippen molar-refractivity contribution in [2.45, 2.75) is 0 Å². The Balaban J connectivity index is 2.83. The highest BCUT2D eigenvalue weighted by Crippen LogP contribution is 1.97. The van der Waals surface area contributed by atoms with Crippen LogP contribution in [0.5, 0.6) is 0 Å². The number of hydrogen-bond donors (Lipinski definition) is 3. The van der Waals surface area contributed by atoms with Crippen LogP contribution in [0.15, 0.2) is 22.1 Å². The minimum absolute atomic E-state index is 0.175. The lowest BCUT2D eigenvalue weighted by Crippen LogP contribution is -2.42. The first-order valence-corrected chi connectivity index (χ1v) is 2.65. The lowest BCUT2D eigenvalue weighted by molar-refractivity contribution is 0.224. The molecule has 5 N–H and O–H groups in total. The van der Waals surface area contributed by atoms with E-state index < -0.39 is 0 Å². The van der Waals surface area contributed by atoms with Gasteiger partial charge < -0.3 is 5.73 Å². The van der Waals surface area contributed by atoms with E-state index >= 15 is 0 Å². The molecule has 11 heavy (non-hydrogen) atoms. The molecular formula is C3H6N8. The van der Waals surface area contributed by atoms with E-state index in [2.05, 4.69) is 20.6 Å². The summed E-state index contributed by atoms with van der Waals surface area (Å²) in [5, 5.41) is 7.64. The summed E-state index contributed by atoms with van der Waals surface area (Å²) >= 11 is 0. The molecule has 0 atom stereocenters. The van der Waals surface area contributed by atoms with Crippen LogP contribution in [-0.4, -0.2) is 11.1 Å². The third-order valence-electron chi connectivity index (χ3n) is 0.889. The van der Waals surface area contributed by atoms with E-state index in [-0.39, 0.29) is 11.7 Å². The maximum atomic E-state index is 8.03. The van der Waals surface area contributed by atoms with Gasteiger partial charge in [-0.1, -0.05) is 0 Å². The lowest BCUT2D eigenvalue weighted by Gasteiger charge is -2.18. The first-order chi connectivity index (χ1) is 5.22. The molecule has 8 nitrogen and oxygen atoms in total. The fraction of sp³-hybridized carbons (Fsp3) is 0. The molecule has 0 amide bonds. The third-order valence-corrected chi connectivity index (χ3v) is 0.889. The van der Waals surface area contributed by atoms with Gasteiger partial charge in [0.25, 0.3) is 0 Å². The van der Waals surface area contributed by atoms with Gasteiger partial charge in [0.05, 0.1) is 0 Å². The molecule has 1 heterocycles. The molecule has 58 valence electrons. The molecule has 0 unspecified atom stereocenters. The Bertz CT molecular complexity index is 257. The van der Waals surface area contributed by atoms with Crippen LogP contribution in [-0.2, 0) is 0 Å². The Morgan fingerprint density at radius 1 is 1.82 bits per heavy atom. The number of nitrogens with zero attached hydrogens (tertiary/aromatic N) is 5. The maximum Gasteiger partial charge on any atom is 0.149 e. The topological polar surface area (TPSA) is 128 Å². The van der Waals surface area contributed by atoms with Crippen LogP contribution < -0.4 is 17.0 Å². The lowest BCUT2D eigenvalue weighted by atomic mass is 10.5. The Hall–Kier alpha value is -1.92. The molecule has 0 fully saturated rings. The van der Waals surface area contributed by atoms with Crippen LogP contribution in [0.25, 0.3) is 10.4 Å². The van der Waals surface area contributed by atoms with Gasteiger partial charge in [-0.05, 0) is 10.6 Å². The van der Waals surface area contributed by atoms with Crippen molar-refractivity contribution in [2.24, 2.45) is 21.8 Å². The standard InChI is InChI=1S/C3H6N8/c4-2-1-3(7-10-5)9-11(6)8-2/h1,9H,6H2,(H2,4,8). The van der Waals surface area contributed by atoms with Gasteiger partial charge in [-0.25, -0.2) is 5.84 Å². The van der Waals surface area contributed by atoms with E-state index in [1.54, 1.807) is 0 Å². The SMILES string of the molecule is [N-]=[N+]=NC1=CC(N)=NN(N)N1. The predicted octanol–water partition coefficient (Wildman–Crippen LogP) is -0.896. The predicted molar refractivity (Wildman–Crippen MR) is 38.0 cm³/mol. The summed E-state index contributed by atoms with van der Waals surface area (Å²) in [5.74, 6) is 5.56. The minimum atomic E-state index is 0.175. The van der Waals surface area contributed by atoms with Crippen molar-refractivity contribution < 1.29 is 0 Å². The first-order valence-electron chi connectivity index (χ1n) is 2.65. The Labute approximate surface area is 61.7 Å². The van der Waals surface area contributed by atoms with Gasteiger partial charge in [0.1, 0.15) is 11.7 Å². The molecular weight excluding hydrogens is 148 g/mol. The quantitative estimate of drug-likeness (QED) is 0.195. The number of azide groups is 1. The maximum absolute atomic E-state index is 8.03. The Morgan fingerprint density at radius 2 is 2.55 bits per heavy atom. The number of hydrazone groups is 1. The molecule has 0 bridgehead atoms. The van der Waals surface area contributed by atoms with E-state index in [1.807, 2.05) is 0 Å². The fourth-order valence-electron chi connectivity index (χ4n) is 0.567. The number of hydrazine groups is 2. The van der Waals surface area contributed by atoms with Crippen LogP contribution in [0.3, 0.4) is 0 Å². The second-order valence-electron chi connectivity index (χ2n) is 1.70. The summed E-state index contributed by atoms with van der Waals surface area (Å²) in [6.07, 6.45) is 1.36. The number of amidine groups is 1. The van der Waals surface area contributed by atoms with Crippen molar-refractivity contribution in [1.29, 1.82) is 0 Å². The molecule has 0 aromatic carbocycles. The highest BCUT2D eigenvalue weighted by Gasteiger charge is 2.04. The summed E-state index contributed by atoms with van der Waals surface area (Å²) in [6.45, 7) is 0. The molecule has 0 saturated heterocycles. The van der Waals surface area contributed by atoms with Crippen LogP contribution in [0.2, 0.25) is 0 Å². The largest absolute Gasteiger partial charge is 0.382 e. The van der Waals surface area contributed by atoms with Gasteiger partial charge in [-0.3, -0.25) is 5.43 Å². The van der Waals surface area contributed by atoms with Gasteiger partial charge in [-0.15, -0.1) is 10.3 Å². The van der Waals surface area contributed by atoms with Crippen LogP contribution in [0.4, 0.5) is 0 Å². The van der Waals surface area contributed by atoms with Gasteiger partial charge in [0.2, 0.25) is 0 Å². The average molecular weight is 154 g/mol. The van der Waals surface area contributed by atoms with E-state index in [4.69, 9.17) is 17.1 Å². The van der Waals surface area contributed by atoms with Crippen molar-refractivity contribution in [3.8, 4) is 0 Å². The third kappa shape index (κ3) is 1.75. The van der Waals surface area contributed by atoms with Crippen molar-refractivity contribution in [2.75, 3.05) is 0 Å². The highest BCUT2D eigenvalue weighted by atomic mass is 15.8. The van der Waals surface area contributed by atoms with Crippen LogP contribution in [0.1, 0.15) is 0 Å². The van der Waals surface area contributed by atoms with E-state index in [0.29, 0.717) is 0 Å². The van der Waals surface area contributed by atoms with Crippen molar-refractivity contribution in [1.82, 2.24) is 10.7 Å². The van der Waals surface area contributed by atoms with Gasteiger partial charge in [-0.2, -0.15) is 0 Å². The first kappa shape index (κ1) is 7.19. The second kappa shape index (κ2) is 2.78. The molecule has 0 saturated carbocycles.